The summed E-state index contributed by atoms with van der Waals surface area (Å²) in [6.45, 7) is 4.46. The summed E-state index contributed by atoms with van der Waals surface area (Å²) in [4.78, 5) is 0. The molecule has 2 aliphatic rings. The minimum Gasteiger partial charge on any atom is -0.741 e. The second kappa shape index (κ2) is 9.62. The molecule has 1 saturated carbocycles. The Balaban J connectivity index is 0.000000312. The van der Waals surface area contributed by atoms with E-state index in [-0.39, 0.29) is 6.17 Å². The van der Waals surface area contributed by atoms with Crippen LogP contribution in [0, 0.1) is 6.92 Å². The minimum absolute atomic E-state index is 0.239. The first-order valence-corrected chi connectivity index (χ1v) is 12.0. The maximum atomic E-state index is 10.7. The van der Waals surface area contributed by atoms with Gasteiger partial charge in [0, 0.05) is 25.3 Å². The summed E-state index contributed by atoms with van der Waals surface area (Å²) in [5, 5.41) is 3.82. The lowest BCUT2D eigenvalue weighted by Crippen LogP contribution is -2.42. The van der Waals surface area contributed by atoms with Crippen LogP contribution in [0.15, 0.2) is 48.5 Å². The van der Waals surface area contributed by atoms with Crippen LogP contribution in [0.4, 0.5) is 18.9 Å². The van der Waals surface area contributed by atoms with Crippen LogP contribution in [0.25, 0.3) is 0 Å². The summed E-state index contributed by atoms with van der Waals surface area (Å²) in [5.41, 5.74) is 1.06. The molecule has 174 valence electrons. The molecular weight excluding hydrogens is 441 g/mol. The normalized spacial score (nSPS) is 19.5. The number of benzene rings is 2. The van der Waals surface area contributed by atoms with Crippen LogP contribution in [-0.4, -0.2) is 34.8 Å². The number of nitrogens with zero attached hydrogens (tertiary/aromatic N) is 1. The number of para-hydroxylation sites is 1. The number of hydrogen-bond donors (Lipinski definition) is 1. The Kier molecular flexibility index (Phi) is 7.29. The molecule has 0 saturated heterocycles. The van der Waals surface area contributed by atoms with Crippen molar-refractivity contribution in [1.29, 1.82) is 0 Å². The molecule has 0 radical (unpaired) electrons. The Morgan fingerprint density at radius 3 is 2.09 bits per heavy atom. The van der Waals surface area contributed by atoms with Gasteiger partial charge in [0.05, 0.1) is 11.3 Å². The fourth-order valence-electron chi connectivity index (χ4n) is 4.31. The third-order valence-electron chi connectivity index (χ3n) is 5.92. The molecular formula is C23H27F3N2O3S. The Morgan fingerprint density at radius 2 is 1.53 bits per heavy atom. The molecule has 2 aromatic rings. The van der Waals surface area contributed by atoms with E-state index in [0.29, 0.717) is 6.04 Å². The summed E-state index contributed by atoms with van der Waals surface area (Å²) in [5.74, 6) is 0. The van der Waals surface area contributed by atoms with E-state index in [2.05, 4.69) is 72.3 Å². The number of fused-ring (bicyclic) bond motifs is 1. The van der Waals surface area contributed by atoms with Gasteiger partial charge in [0.15, 0.2) is 21.9 Å². The average Bonchev–Trinajstić information content (AvgIpc) is 2.74. The predicted molar refractivity (Wildman–Crippen MR) is 117 cm³/mol. The third-order valence-corrected chi connectivity index (χ3v) is 6.49. The Morgan fingerprint density at radius 1 is 0.969 bits per heavy atom. The van der Waals surface area contributed by atoms with Crippen LogP contribution < -0.4 is 5.32 Å². The lowest BCUT2D eigenvalue weighted by atomic mass is 9.92. The molecule has 5 nitrogen and oxygen atoms in total. The number of halogens is 3. The van der Waals surface area contributed by atoms with Crippen molar-refractivity contribution in [3.63, 3.8) is 0 Å². The van der Waals surface area contributed by atoms with Crippen LogP contribution in [0.1, 0.15) is 61.9 Å². The van der Waals surface area contributed by atoms with Gasteiger partial charge in [-0.25, -0.2) is 13.0 Å². The molecule has 0 bridgehead atoms. The van der Waals surface area contributed by atoms with Gasteiger partial charge in [0.1, 0.15) is 0 Å². The molecule has 9 heteroatoms. The molecule has 1 atom stereocenters. The molecule has 0 spiro atoms. The fourth-order valence-corrected chi connectivity index (χ4v) is 4.31. The summed E-state index contributed by atoms with van der Waals surface area (Å²) in [6, 6.07) is 18.4. The number of anilines is 1. The van der Waals surface area contributed by atoms with Crippen molar-refractivity contribution in [3.05, 3.63) is 65.2 Å². The Bertz CT molecular complexity index is 1070. The Hall–Kier alpha value is -2.39. The molecule has 1 aliphatic carbocycles. The number of aryl methyl sites for hydroxylation is 1. The first-order chi connectivity index (χ1) is 15.0. The van der Waals surface area contributed by atoms with Gasteiger partial charge in [-0.05, 0) is 31.9 Å². The lowest BCUT2D eigenvalue weighted by Gasteiger charge is -2.32. The van der Waals surface area contributed by atoms with Crippen molar-refractivity contribution in [2.45, 2.75) is 63.7 Å². The zero-order chi connectivity index (χ0) is 23.5. The van der Waals surface area contributed by atoms with E-state index in [1.54, 1.807) is 0 Å². The average molecular weight is 469 g/mol. The monoisotopic (exact) mass is 468 g/mol. The van der Waals surface area contributed by atoms with Crippen LogP contribution in [0.3, 0.4) is 0 Å². The number of rotatable bonds is 2. The molecule has 4 rings (SSSR count). The molecule has 1 heterocycles. The van der Waals surface area contributed by atoms with E-state index in [0.717, 1.165) is 0 Å². The standard InChI is InChI=1S/C22H26N2.CHF3O3S/c1-16-12-14-18(15-13-16)22-23-21-11-7-6-10-20(21)17(2)24(22)19-8-4-3-5-9-19;2-1(3,4)8(5,6)7/h6-7,10-15,19,22H,3-5,8-9H2,1-2H3;(H,5,6,7). The summed E-state index contributed by atoms with van der Waals surface area (Å²) in [6.07, 6.45) is 6.96. The zero-order valence-electron chi connectivity index (χ0n) is 18.0. The van der Waals surface area contributed by atoms with E-state index in [9.17, 15) is 13.2 Å². The zero-order valence-corrected chi connectivity index (χ0v) is 18.8. The largest absolute Gasteiger partial charge is 0.741 e. The highest BCUT2D eigenvalue weighted by Crippen LogP contribution is 2.34. The van der Waals surface area contributed by atoms with Gasteiger partial charge in [-0.2, -0.15) is 13.2 Å². The molecule has 0 aromatic heterocycles. The van der Waals surface area contributed by atoms with Gasteiger partial charge < -0.3 is 9.87 Å². The van der Waals surface area contributed by atoms with E-state index < -0.39 is 15.6 Å². The molecule has 32 heavy (non-hydrogen) atoms. The minimum atomic E-state index is -6.09. The topological polar surface area (TPSA) is 72.2 Å². The van der Waals surface area contributed by atoms with Crippen molar-refractivity contribution < 1.29 is 30.7 Å². The maximum Gasteiger partial charge on any atom is 0.485 e. The van der Waals surface area contributed by atoms with Crippen molar-refractivity contribution in [1.82, 2.24) is 0 Å². The summed E-state index contributed by atoms with van der Waals surface area (Å²) >= 11 is 0. The number of nitrogens with one attached hydrogen (secondary N) is 1. The molecule has 1 aliphatic heterocycles. The predicted octanol–water partition coefficient (Wildman–Crippen LogP) is 5.32. The molecule has 1 fully saturated rings. The highest BCUT2D eigenvalue weighted by atomic mass is 32.2. The van der Waals surface area contributed by atoms with E-state index in [1.165, 1.54) is 60.2 Å². The van der Waals surface area contributed by atoms with Gasteiger partial charge >= 0.3 is 5.51 Å². The first kappa shape index (κ1) is 24.3. The molecule has 2 aromatic carbocycles. The molecule has 1 N–H and O–H groups in total. The number of hydrogen-bond acceptors (Lipinski definition) is 4. The van der Waals surface area contributed by atoms with E-state index >= 15 is 0 Å². The van der Waals surface area contributed by atoms with Crippen molar-refractivity contribution in [2.24, 2.45) is 0 Å². The van der Waals surface area contributed by atoms with Crippen molar-refractivity contribution in [2.75, 3.05) is 5.32 Å². The van der Waals surface area contributed by atoms with Gasteiger partial charge in [-0.15, -0.1) is 0 Å². The maximum absolute atomic E-state index is 10.7. The molecule has 0 amide bonds. The second-order valence-corrected chi connectivity index (χ2v) is 9.56. The number of alkyl halides is 3. The SMILES string of the molecule is CC1=[N+](C2CCCCC2)C(c2ccc(C)cc2)Nc2ccccc21.O=S(=O)([O-])C(F)(F)F. The van der Waals surface area contributed by atoms with Gasteiger partial charge in [0.25, 0.3) is 6.17 Å². The first-order valence-electron chi connectivity index (χ1n) is 10.6. The Labute approximate surface area is 186 Å². The second-order valence-electron chi connectivity index (χ2n) is 8.19. The van der Waals surface area contributed by atoms with Gasteiger partial charge in [0.2, 0.25) is 0 Å². The van der Waals surface area contributed by atoms with E-state index in [1.807, 2.05) is 0 Å². The smallest absolute Gasteiger partial charge is 0.485 e. The lowest BCUT2D eigenvalue weighted by molar-refractivity contribution is -0.605. The third kappa shape index (κ3) is 5.50. The van der Waals surface area contributed by atoms with Crippen LogP contribution >= 0.6 is 0 Å². The van der Waals surface area contributed by atoms with Crippen molar-refractivity contribution >= 4 is 21.5 Å². The quantitative estimate of drug-likeness (QED) is 0.368. The fraction of sp³-hybridized carbons (Fsp3) is 0.435. The van der Waals surface area contributed by atoms with Crippen LogP contribution in [0.5, 0.6) is 0 Å². The summed E-state index contributed by atoms with van der Waals surface area (Å²) < 4.78 is 61.6. The van der Waals surface area contributed by atoms with Gasteiger partial charge in [-0.3, -0.25) is 0 Å². The van der Waals surface area contributed by atoms with Crippen LogP contribution in [0.2, 0.25) is 0 Å². The van der Waals surface area contributed by atoms with Crippen LogP contribution in [-0.2, 0) is 10.1 Å². The highest BCUT2D eigenvalue weighted by molar-refractivity contribution is 7.86. The molecule has 1 unspecified atom stereocenters. The van der Waals surface area contributed by atoms with E-state index in [4.69, 9.17) is 13.0 Å². The summed E-state index contributed by atoms with van der Waals surface area (Å²) in [7, 11) is -6.09. The van der Waals surface area contributed by atoms with Crippen molar-refractivity contribution in [3.8, 4) is 0 Å². The highest BCUT2D eigenvalue weighted by Gasteiger charge is 2.38. The van der Waals surface area contributed by atoms with Gasteiger partial charge in [-0.1, -0.05) is 48.4 Å².